The first-order chi connectivity index (χ1) is 17.0. The Morgan fingerprint density at radius 2 is 1.61 bits per heavy atom. The van der Waals surface area contributed by atoms with E-state index in [2.05, 4.69) is 26.3 Å². The van der Waals surface area contributed by atoms with E-state index in [1.54, 1.807) is 6.20 Å². The number of nitrogens with two attached hydrogens (primary N) is 1. The summed E-state index contributed by atoms with van der Waals surface area (Å²) in [7, 11) is 0. The highest BCUT2D eigenvalue weighted by Crippen LogP contribution is 2.19. The molecule has 0 fully saturated rings. The van der Waals surface area contributed by atoms with E-state index in [1.165, 1.54) is 6.92 Å². The van der Waals surface area contributed by atoms with Crippen molar-refractivity contribution in [2.45, 2.75) is 51.7 Å². The van der Waals surface area contributed by atoms with Gasteiger partial charge in [0.05, 0.1) is 19.1 Å². The second-order valence-electron chi connectivity index (χ2n) is 8.98. The molecule has 4 amide bonds. The van der Waals surface area contributed by atoms with Crippen LogP contribution in [0.2, 0.25) is 0 Å². The Morgan fingerprint density at radius 1 is 0.944 bits per heavy atom. The van der Waals surface area contributed by atoms with Crippen LogP contribution >= 0.6 is 0 Å². The summed E-state index contributed by atoms with van der Waals surface area (Å²) in [5, 5.41) is 19.9. The number of aromatic nitrogens is 1. The van der Waals surface area contributed by atoms with Gasteiger partial charge in [-0.25, -0.2) is 4.79 Å². The van der Waals surface area contributed by atoms with Gasteiger partial charge in [-0.3, -0.25) is 19.2 Å². The van der Waals surface area contributed by atoms with Gasteiger partial charge in [-0.15, -0.1) is 0 Å². The van der Waals surface area contributed by atoms with Crippen molar-refractivity contribution in [3.8, 4) is 0 Å². The number of hydrogen-bond donors (Lipinski definition) is 7. The molecule has 12 nitrogen and oxygen atoms in total. The SMILES string of the molecule is CC(C)C[C@H](N)C(=O)N[C@@H](C)C(=O)NCC(=O)NCC(=O)N[C@@H](Cc1c[nH]c2ccccc12)C(=O)O. The lowest BCUT2D eigenvalue weighted by molar-refractivity contribution is -0.141. The van der Waals surface area contributed by atoms with Gasteiger partial charge in [-0.1, -0.05) is 32.0 Å². The third-order valence-corrected chi connectivity index (χ3v) is 5.42. The second-order valence-corrected chi connectivity index (χ2v) is 8.98. The first-order valence-corrected chi connectivity index (χ1v) is 11.7. The van der Waals surface area contributed by atoms with Gasteiger partial charge in [0.1, 0.15) is 12.1 Å². The van der Waals surface area contributed by atoms with E-state index in [-0.39, 0.29) is 12.3 Å². The lowest BCUT2D eigenvalue weighted by atomic mass is 10.0. The van der Waals surface area contributed by atoms with Gasteiger partial charge >= 0.3 is 5.97 Å². The minimum Gasteiger partial charge on any atom is -0.480 e. The summed E-state index contributed by atoms with van der Waals surface area (Å²) in [5.74, 6) is -3.40. The van der Waals surface area contributed by atoms with E-state index in [1.807, 2.05) is 38.1 Å². The number of hydrogen-bond acceptors (Lipinski definition) is 6. The van der Waals surface area contributed by atoms with Crippen molar-refractivity contribution in [2.75, 3.05) is 13.1 Å². The van der Waals surface area contributed by atoms with Crippen molar-refractivity contribution >= 4 is 40.5 Å². The van der Waals surface area contributed by atoms with E-state index in [0.29, 0.717) is 6.42 Å². The highest BCUT2D eigenvalue weighted by Gasteiger charge is 2.23. The molecule has 0 saturated heterocycles. The van der Waals surface area contributed by atoms with Gasteiger partial charge in [-0.05, 0) is 30.9 Å². The van der Waals surface area contributed by atoms with Crippen LogP contribution in [0.1, 0.15) is 32.8 Å². The van der Waals surface area contributed by atoms with Crippen LogP contribution in [-0.2, 0) is 30.4 Å². The molecule has 0 radical (unpaired) electrons. The van der Waals surface area contributed by atoms with Crippen molar-refractivity contribution in [3.05, 3.63) is 36.0 Å². The highest BCUT2D eigenvalue weighted by atomic mass is 16.4. The van der Waals surface area contributed by atoms with Crippen LogP contribution in [0.5, 0.6) is 0 Å². The monoisotopic (exact) mass is 502 g/mol. The fourth-order valence-electron chi connectivity index (χ4n) is 3.53. The number of para-hydroxylation sites is 1. The summed E-state index contributed by atoms with van der Waals surface area (Å²) in [5.41, 5.74) is 7.37. The molecule has 0 aliphatic heterocycles. The largest absolute Gasteiger partial charge is 0.480 e. The Hall–Kier alpha value is -3.93. The predicted octanol–water partition coefficient (Wildman–Crippen LogP) is -0.610. The Bertz CT molecular complexity index is 1100. The molecule has 1 aromatic carbocycles. The number of aromatic amines is 1. The number of rotatable bonds is 13. The molecule has 0 aliphatic rings. The lowest BCUT2D eigenvalue weighted by Crippen LogP contribution is -2.52. The topological polar surface area (TPSA) is 196 Å². The van der Waals surface area contributed by atoms with Crippen LogP contribution in [0.4, 0.5) is 0 Å². The molecule has 0 bridgehead atoms. The summed E-state index contributed by atoms with van der Waals surface area (Å²) < 4.78 is 0. The Kier molecular flexibility index (Phi) is 10.4. The zero-order valence-corrected chi connectivity index (χ0v) is 20.6. The molecule has 2 rings (SSSR count). The number of amides is 4. The molecule has 1 aromatic heterocycles. The number of carboxylic acid groups (broad SMARTS) is 1. The van der Waals surface area contributed by atoms with Crippen LogP contribution in [0, 0.1) is 5.92 Å². The number of H-pyrrole nitrogens is 1. The van der Waals surface area contributed by atoms with Crippen molar-refractivity contribution < 1.29 is 29.1 Å². The predicted molar refractivity (Wildman–Crippen MR) is 133 cm³/mol. The summed E-state index contributed by atoms with van der Waals surface area (Å²) in [6.45, 7) is 4.41. The van der Waals surface area contributed by atoms with Crippen LogP contribution in [-0.4, -0.2) is 70.9 Å². The number of fused-ring (bicyclic) bond motifs is 1. The number of carbonyl (C=O) groups excluding carboxylic acids is 4. The van der Waals surface area contributed by atoms with Crippen LogP contribution in [0.25, 0.3) is 10.9 Å². The molecule has 36 heavy (non-hydrogen) atoms. The quantitative estimate of drug-likeness (QED) is 0.190. The Balaban J connectivity index is 1.76. The summed E-state index contributed by atoms with van der Waals surface area (Å²) in [6.07, 6.45) is 2.22. The van der Waals surface area contributed by atoms with Gasteiger partial charge < -0.3 is 37.1 Å². The van der Waals surface area contributed by atoms with E-state index in [4.69, 9.17) is 5.73 Å². The fourth-order valence-corrected chi connectivity index (χ4v) is 3.53. The van der Waals surface area contributed by atoms with E-state index in [9.17, 15) is 29.1 Å². The standard InChI is InChI=1S/C24H34N6O6/c1-13(2)8-17(25)23(34)29-14(3)22(33)28-11-20(31)27-12-21(32)30-19(24(35)36)9-15-10-26-18-7-5-4-6-16(15)18/h4-7,10,13-14,17,19,26H,8-9,11-12,25H2,1-3H3,(H,27,31)(H,28,33)(H,29,34)(H,30,32)(H,35,36)/t14-,17-,19-/m0/s1. The molecule has 8 N–H and O–H groups in total. The zero-order valence-electron chi connectivity index (χ0n) is 20.6. The van der Waals surface area contributed by atoms with Crippen LogP contribution in [0.15, 0.2) is 30.5 Å². The van der Waals surface area contributed by atoms with Crippen molar-refractivity contribution in [1.29, 1.82) is 0 Å². The lowest BCUT2D eigenvalue weighted by Gasteiger charge is -2.18. The third-order valence-electron chi connectivity index (χ3n) is 5.42. The smallest absolute Gasteiger partial charge is 0.326 e. The minimum absolute atomic E-state index is 0.0551. The van der Waals surface area contributed by atoms with Gasteiger partial charge in [0.15, 0.2) is 0 Å². The van der Waals surface area contributed by atoms with E-state index in [0.717, 1.165) is 16.5 Å². The molecule has 0 saturated carbocycles. The average Bonchev–Trinajstić information content (AvgIpc) is 3.22. The number of aliphatic carboxylic acids is 1. The molecular formula is C24H34N6O6. The molecule has 0 spiro atoms. The summed E-state index contributed by atoms with van der Waals surface area (Å²) in [4.78, 5) is 63.1. The highest BCUT2D eigenvalue weighted by molar-refractivity contribution is 5.93. The zero-order chi connectivity index (χ0) is 26.8. The van der Waals surface area contributed by atoms with Gasteiger partial charge in [0, 0.05) is 23.5 Å². The van der Waals surface area contributed by atoms with Gasteiger partial charge in [-0.2, -0.15) is 0 Å². The first-order valence-electron chi connectivity index (χ1n) is 11.7. The van der Waals surface area contributed by atoms with E-state index >= 15 is 0 Å². The van der Waals surface area contributed by atoms with Crippen LogP contribution in [0.3, 0.4) is 0 Å². The Morgan fingerprint density at radius 3 is 2.28 bits per heavy atom. The molecule has 1 heterocycles. The number of nitrogens with one attached hydrogen (secondary N) is 5. The first kappa shape index (κ1) is 28.3. The molecule has 196 valence electrons. The van der Waals surface area contributed by atoms with Crippen LogP contribution < -0.4 is 27.0 Å². The maximum absolute atomic E-state index is 12.2. The molecule has 3 atom stereocenters. The maximum Gasteiger partial charge on any atom is 0.326 e. The van der Waals surface area contributed by atoms with E-state index < -0.39 is 60.8 Å². The average molecular weight is 503 g/mol. The summed E-state index contributed by atoms with van der Waals surface area (Å²) in [6, 6.07) is 4.55. The number of carbonyl (C=O) groups is 5. The molecule has 0 unspecified atom stereocenters. The summed E-state index contributed by atoms with van der Waals surface area (Å²) >= 11 is 0. The van der Waals surface area contributed by atoms with Gasteiger partial charge in [0.2, 0.25) is 23.6 Å². The normalized spacial score (nSPS) is 13.5. The molecule has 2 aromatic rings. The van der Waals surface area contributed by atoms with Crippen molar-refractivity contribution in [1.82, 2.24) is 26.3 Å². The van der Waals surface area contributed by atoms with Crippen molar-refractivity contribution in [3.63, 3.8) is 0 Å². The van der Waals surface area contributed by atoms with Crippen molar-refractivity contribution in [2.24, 2.45) is 11.7 Å². The maximum atomic E-state index is 12.2. The van der Waals surface area contributed by atoms with Gasteiger partial charge in [0.25, 0.3) is 0 Å². The Labute approximate surface area is 208 Å². The number of benzene rings is 1. The number of carboxylic acids is 1. The molecule has 12 heteroatoms. The molecular weight excluding hydrogens is 468 g/mol. The fraction of sp³-hybridized carbons (Fsp3) is 0.458. The second kappa shape index (κ2) is 13.2. The molecule has 0 aliphatic carbocycles. The third kappa shape index (κ3) is 8.69. The minimum atomic E-state index is -1.21.